The fourth-order valence-corrected chi connectivity index (χ4v) is 4.24. The van der Waals surface area contributed by atoms with Crippen LogP contribution < -0.4 is 19.2 Å². The predicted molar refractivity (Wildman–Crippen MR) is 120 cm³/mol. The number of nitrogens with one attached hydrogen (secondary N) is 1. The van der Waals surface area contributed by atoms with Crippen molar-refractivity contribution in [1.29, 1.82) is 0 Å². The number of nitrogens with zero attached hydrogens (tertiary/aromatic N) is 3. The third-order valence-electron chi connectivity index (χ3n) is 4.35. The number of anilines is 1. The summed E-state index contributed by atoms with van der Waals surface area (Å²) in [6, 6.07) is 17.7. The van der Waals surface area contributed by atoms with Crippen LogP contribution >= 0.6 is 0 Å². The van der Waals surface area contributed by atoms with Crippen LogP contribution in [0.5, 0.6) is 11.5 Å². The molecule has 32 heavy (non-hydrogen) atoms. The van der Waals surface area contributed by atoms with Crippen molar-refractivity contribution < 1.29 is 22.7 Å². The highest BCUT2D eigenvalue weighted by molar-refractivity contribution is 7.92. The van der Waals surface area contributed by atoms with Gasteiger partial charge in [0, 0.05) is 12.3 Å². The molecule has 0 saturated carbocycles. The number of amides is 1. The molecule has 0 spiro atoms. The fourth-order valence-electron chi connectivity index (χ4n) is 2.80. The van der Waals surface area contributed by atoms with Crippen LogP contribution in [0.15, 0.2) is 82.9 Å². The number of carbonyl (C=O) groups is 1. The van der Waals surface area contributed by atoms with Gasteiger partial charge in [0.1, 0.15) is 18.0 Å². The van der Waals surface area contributed by atoms with Gasteiger partial charge in [0.25, 0.3) is 15.9 Å². The van der Waals surface area contributed by atoms with Gasteiger partial charge in [0.15, 0.2) is 0 Å². The van der Waals surface area contributed by atoms with Gasteiger partial charge in [-0.1, -0.05) is 24.3 Å². The normalized spacial score (nSPS) is 11.2. The fraction of sp³-hybridized carbons (Fsp3) is 0.136. The second kappa shape index (κ2) is 10.4. The number of pyridine rings is 1. The lowest BCUT2D eigenvalue weighted by atomic mass is 10.2. The summed E-state index contributed by atoms with van der Waals surface area (Å²) < 4.78 is 38.4. The van der Waals surface area contributed by atoms with Crippen LogP contribution in [-0.2, 0) is 14.8 Å². The van der Waals surface area contributed by atoms with Crippen LogP contribution in [0.4, 0.5) is 5.69 Å². The highest BCUT2D eigenvalue weighted by Gasteiger charge is 2.29. The van der Waals surface area contributed by atoms with Gasteiger partial charge in [0.05, 0.1) is 36.7 Å². The van der Waals surface area contributed by atoms with Crippen molar-refractivity contribution in [2.45, 2.75) is 4.90 Å². The van der Waals surface area contributed by atoms with Crippen LogP contribution in [0, 0.1) is 0 Å². The molecule has 0 aliphatic carbocycles. The number of sulfonamides is 1. The maximum Gasteiger partial charge on any atom is 0.264 e. The molecule has 0 bridgehead atoms. The first-order chi connectivity index (χ1) is 15.5. The van der Waals surface area contributed by atoms with Crippen LogP contribution in [0.3, 0.4) is 0 Å². The van der Waals surface area contributed by atoms with Gasteiger partial charge in [-0.15, -0.1) is 0 Å². The van der Waals surface area contributed by atoms with E-state index in [4.69, 9.17) is 9.47 Å². The summed E-state index contributed by atoms with van der Waals surface area (Å²) in [4.78, 5) is 16.7. The lowest BCUT2D eigenvalue weighted by Gasteiger charge is -2.25. The number of hydrogen-bond donors (Lipinski definition) is 1. The van der Waals surface area contributed by atoms with Gasteiger partial charge in [-0.3, -0.25) is 14.1 Å². The molecule has 3 rings (SSSR count). The summed E-state index contributed by atoms with van der Waals surface area (Å²) in [5.41, 5.74) is 3.02. The summed E-state index contributed by atoms with van der Waals surface area (Å²) in [6.07, 6.45) is 2.95. The van der Waals surface area contributed by atoms with Gasteiger partial charge in [-0.05, 0) is 36.4 Å². The van der Waals surface area contributed by atoms with E-state index in [1.807, 2.05) is 0 Å². The van der Waals surface area contributed by atoms with Crippen molar-refractivity contribution >= 4 is 27.8 Å². The molecule has 0 aliphatic rings. The van der Waals surface area contributed by atoms with E-state index >= 15 is 0 Å². The maximum atomic E-state index is 13.4. The number of benzene rings is 2. The number of carbonyl (C=O) groups excluding carboxylic acids is 1. The number of hydrazone groups is 1. The molecule has 1 aromatic heterocycles. The van der Waals surface area contributed by atoms with E-state index in [9.17, 15) is 13.2 Å². The van der Waals surface area contributed by atoms with Gasteiger partial charge < -0.3 is 9.47 Å². The van der Waals surface area contributed by atoms with E-state index in [1.165, 1.54) is 38.6 Å². The number of aromatic nitrogens is 1. The molecular formula is C22H22N4O5S. The van der Waals surface area contributed by atoms with Gasteiger partial charge in [0.2, 0.25) is 0 Å². The van der Waals surface area contributed by atoms with Crippen molar-refractivity contribution in [3.63, 3.8) is 0 Å². The second-order valence-corrected chi connectivity index (χ2v) is 8.27. The Morgan fingerprint density at radius 1 is 1.06 bits per heavy atom. The minimum absolute atomic E-state index is 0.0228. The average molecular weight is 455 g/mol. The van der Waals surface area contributed by atoms with Crippen LogP contribution in [0.25, 0.3) is 0 Å². The summed E-state index contributed by atoms with van der Waals surface area (Å²) in [5, 5.41) is 3.85. The van der Waals surface area contributed by atoms with Crippen molar-refractivity contribution in [2.75, 3.05) is 25.1 Å². The van der Waals surface area contributed by atoms with Crippen molar-refractivity contribution in [3.8, 4) is 11.5 Å². The second-order valence-electron chi connectivity index (χ2n) is 6.41. The number of methoxy groups -OCH3 is 2. The van der Waals surface area contributed by atoms with Gasteiger partial charge in [-0.2, -0.15) is 5.10 Å². The third-order valence-corrected chi connectivity index (χ3v) is 6.12. The monoisotopic (exact) mass is 454 g/mol. The molecule has 0 atom stereocenters. The predicted octanol–water partition coefficient (Wildman–Crippen LogP) is 2.44. The smallest absolute Gasteiger partial charge is 0.264 e. The molecule has 2 aromatic carbocycles. The molecule has 1 amide bonds. The van der Waals surface area contributed by atoms with E-state index in [0.29, 0.717) is 11.4 Å². The van der Waals surface area contributed by atoms with Crippen LogP contribution in [0.2, 0.25) is 0 Å². The number of hydrogen-bond acceptors (Lipinski definition) is 7. The molecule has 166 valence electrons. The molecule has 1 N–H and O–H groups in total. The zero-order chi connectivity index (χ0) is 23.0. The van der Waals surface area contributed by atoms with Crippen molar-refractivity contribution in [2.24, 2.45) is 5.10 Å². The summed E-state index contributed by atoms with van der Waals surface area (Å²) in [5.74, 6) is 0.0132. The van der Waals surface area contributed by atoms with E-state index in [0.717, 1.165) is 4.31 Å². The Bertz CT molecular complexity index is 1190. The van der Waals surface area contributed by atoms with E-state index < -0.39 is 22.5 Å². The third kappa shape index (κ3) is 5.41. The van der Waals surface area contributed by atoms with Crippen LogP contribution in [0.1, 0.15) is 5.69 Å². The van der Waals surface area contributed by atoms with Crippen molar-refractivity contribution in [3.05, 3.63) is 78.6 Å². The number of rotatable bonds is 9. The van der Waals surface area contributed by atoms with Crippen molar-refractivity contribution in [1.82, 2.24) is 10.4 Å². The van der Waals surface area contributed by atoms with Gasteiger partial charge in [-0.25, -0.2) is 13.8 Å². The summed E-state index contributed by atoms with van der Waals surface area (Å²) >= 11 is 0. The van der Waals surface area contributed by atoms with E-state index in [1.54, 1.807) is 54.7 Å². The molecule has 0 saturated heterocycles. The minimum Gasteiger partial charge on any atom is -0.497 e. The first-order valence-corrected chi connectivity index (χ1v) is 10.9. The summed E-state index contributed by atoms with van der Waals surface area (Å²) in [6.45, 7) is -0.541. The lowest BCUT2D eigenvalue weighted by molar-refractivity contribution is -0.119. The first kappa shape index (κ1) is 22.8. The van der Waals surface area contributed by atoms with Gasteiger partial charge >= 0.3 is 0 Å². The Labute approximate surface area is 186 Å². The van der Waals surface area contributed by atoms with E-state index in [-0.39, 0.29) is 16.3 Å². The quantitative estimate of drug-likeness (QED) is 0.393. The molecular weight excluding hydrogens is 432 g/mol. The Morgan fingerprint density at radius 3 is 2.47 bits per heavy atom. The highest BCUT2D eigenvalue weighted by atomic mass is 32.2. The molecule has 0 aliphatic heterocycles. The molecule has 10 heteroatoms. The molecule has 1 heterocycles. The molecule has 0 fully saturated rings. The lowest BCUT2D eigenvalue weighted by Crippen LogP contribution is -2.39. The topological polar surface area (TPSA) is 110 Å². The number of ether oxygens (including phenoxy) is 2. The standard InChI is InChI=1S/C22H22N4O5S/c1-30-18-11-12-21(31-2)20(14-18)26(32(28,29)19-9-4-3-5-10-19)16-22(27)25-24-15-17-8-6-7-13-23-17/h3-15H,16H2,1-2H3,(H,25,27)/b24-15-. The molecule has 9 nitrogen and oxygen atoms in total. The zero-order valence-electron chi connectivity index (χ0n) is 17.5. The molecule has 0 unspecified atom stereocenters. The Morgan fingerprint density at radius 2 is 1.81 bits per heavy atom. The summed E-state index contributed by atoms with van der Waals surface area (Å²) in [7, 11) is -1.24. The molecule has 0 radical (unpaired) electrons. The average Bonchev–Trinajstić information content (AvgIpc) is 2.83. The van der Waals surface area contributed by atoms with Crippen LogP contribution in [-0.4, -0.2) is 46.3 Å². The minimum atomic E-state index is -4.11. The first-order valence-electron chi connectivity index (χ1n) is 9.48. The Kier molecular flexibility index (Phi) is 7.40. The Balaban J connectivity index is 1.94. The Hall–Kier alpha value is -3.92. The largest absolute Gasteiger partial charge is 0.497 e. The SMILES string of the molecule is COc1ccc(OC)c(N(CC(=O)N/N=C\c2ccccn2)S(=O)(=O)c2ccccc2)c1. The zero-order valence-corrected chi connectivity index (χ0v) is 18.3. The maximum absolute atomic E-state index is 13.4. The highest BCUT2D eigenvalue weighted by Crippen LogP contribution is 2.35. The van der Waals surface area contributed by atoms with E-state index in [2.05, 4.69) is 15.5 Å². The molecule has 3 aromatic rings.